The number of hydrogen-bond acceptors (Lipinski definition) is 6. The van der Waals surface area contributed by atoms with Crippen LogP contribution >= 0.6 is 0 Å². The van der Waals surface area contributed by atoms with Crippen molar-refractivity contribution in [2.75, 3.05) is 0 Å². The molecule has 0 aromatic heterocycles. The summed E-state index contributed by atoms with van der Waals surface area (Å²) in [5.41, 5.74) is 0. The second-order valence-electron chi connectivity index (χ2n) is 3.17. The maximum Gasteiger partial charge on any atom is 0.305 e. The first-order chi connectivity index (χ1) is 6.97. The largest absolute Gasteiger partial charge is 0.433 e. The van der Waals surface area contributed by atoms with Crippen molar-refractivity contribution >= 4 is 5.97 Å². The fourth-order valence-electron chi connectivity index (χ4n) is 1.24. The van der Waals surface area contributed by atoms with Crippen LogP contribution in [0.4, 0.5) is 0 Å². The first-order valence-corrected chi connectivity index (χ1v) is 4.15. The predicted octanol–water partition coefficient (Wildman–Crippen LogP) is -1.62. The van der Waals surface area contributed by atoms with E-state index >= 15 is 0 Å². The lowest BCUT2D eigenvalue weighted by Crippen LogP contribution is -2.57. The molecule has 0 radical (unpaired) electrons. The molecule has 1 aliphatic heterocycles. The number of esters is 1. The van der Waals surface area contributed by atoms with E-state index in [1.165, 1.54) is 6.92 Å². The molecule has 1 fully saturated rings. The zero-order valence-corrected chi connectivity index (χ0v) is 7.66. The third kappa shape index (κ3) is 2.21. The summed E-state index contributed by atoms with van der Waals surface area (Å²) in [7, 11) is 0. The monoisotopic (exact) mass is 207 g/mol. The van der Waals surface area contributed by atoms with Gasteiger partial charge in [-0.05, 0) is 6.92 Å². The number of rotatable bonds is 1. The standard InChI is InChI=1S/C8H14O6/c1-3-5(10)6(11)7(12)8(13-3)14-4(2)9/h3,5-8,10-12H,1-2H3/t3-,5-,6+,7+,8?/m0/s1/i2D. The number of carbonyl (C=O) groups excluding carboxylic acids is 1. The molecule has 1 saturated heterocycles. The molecule has 0 aromatic carbocycles. The average Bonchev–Trinajstić information content (AvgIpc) is 2.22. The van der Waals surface area contributed by atoms with Gasteiger partial charge in [0.2, 0.25) is 6.29 Å². The molecule has 82 valence electrons. The average molecular weight is 207 g/mol. The van der Waals surface area contributed by atoms with E-state index in [4.69, 9.17) is 6.11 Å². The van der Waals surface area contributed by atoms with Gasteiger partial charge in [0.15, 0.2) is 0 Å². The van der Waals surface area contributed by atoms with E-state index in [-0.39, 0.29) is 0 Å². The lowest BCUT2D eigenvalue weighted by molar-refractivity contribution is -0.284. The molecular weight excluding hydrogens is 192 g/mol. The molecule has 3 N–H and O–H groups in total. The molecular formula is C8H14O6. The van der Waals surface area contributed by atoms with Gasteiger partial charge in [0, 0.05) is 8.27 Å². The number of aliphatic hydroxyl groups is 3. The lowest BCUT2D eigenvalue weighted by atomic mass is 10.0. The summed E-state index contributed by atoms with van der Waals surface area (Å²) in [6.07, 6.45) is -6.27. The van der Waals surface area contributed by atoms with Crippen LogP contribution in [0.2, 0.25) is 0 Å². The van der Waals surface area contributed by atoms with E-state index in [9.17, 15) is 20.1 Å². The fraction of sp³-hybridized carbons (Fsp3) is 0.875. The van der Waals surface area contributed by atoms with E-state index in [1.807, 2.05) is 0 Å². The summed E-state index contributed by atoms with van der Waals surface area (Å²) in [5, 5.41) is 28.1. The van der Waals surface area contributed by atoms with Gasteiger partial charge < -0.3 is 24.8 Å². The van der Waals surface area contributed by atoms with Crippen LogP contribution in [0.25, 0.3) is 0 Å². The number of ether oxygens (including phenoxy) is 2. The van der Waals surface area contributed by atoms with Gasteiger partial charge in [-0.15, -0.1) is 0 Å². The minimum Gasteiger partial charge on any atom is -0.433 e. The Hall–Kier alpha value is -0.690. The Labute approximate surface area is 82.5 Å². The van der Waals surface area contributed by atoms with Gasteiger partial charge in [-0.1, -0.05) is 0 Å². The number of hydrogen-bond donors (Lipinski definition) is 3. The maximum atomic E-state index is 10.8. The molecule has 1 rings (SSSR count). The van der Waals surface area contributed by atoms with Crippen molar-refractivity contribution in [1.82, 2.24) is 0 Å². The van der Waals surface area contributed by atoms with Gasteiger partial charge in [0.05, 0.1) is 6.10 Å². The molecule has 5 atom stereocenters. The summed E-state index contributed by atoms with van der Waals surface area (Å²) < 4.78 is 16.2. The molecule has 1 aliphatic rings. The second-order valence-corrected chi connectivity index (χ2v) is 3.17. The molecule has 1 heterocycles. The van der Waals surface area contributed by atoms with Crippen LogP contribution in [0.1, 0.15) is 15.2 Å². The molecule has 0 aliphatic carbocycles. The van der Waals surface area contributed by atoms with E-state index in [1.54, 1.807) is 0 Å². The zero-order valence-electron chi connectivity index (χ0n) is 8.66. The predicted molar refractivity (Wildman–Crippen MR) is 44.1 cm³/mol. The van der Waals surface area contributed by atoms with Crippen LogP contribution in [-0.2, 0) is 14.3 Å². The Morgan fingerprint density at radius 3 is 2.57 bits per heavy atom. The van der Waals surface area contributed by atoms with E-state index < -0.39 is 43.6 Å². The number of aliphatic hydroxyl groups excluding tert-OH is 3. The van der Waals surface area contributed by atoms with Gasteiger partial charge in [-0.2, -0.15) is 0 Å². The maximum absolute atomic E-state index is 10.8. The Morgan fingerprint density at radius 2 is 2.00 bits per heavy atom. The van der Waals surface area contributed by atoms with Crippen LogP contribution in [0.3, 0.4) is 0 Å². The second kappa shape index (κ2) is 4.22. The van der Waals surface area contributed by atoms with Crippen molar-refractivity contribution in [3.8, 4) is 0 Å². The molecule has 0 spiro atoms. The summed E-state index contributed by atoms with van der Waals surface area (Å²) in [6.45, 7) is 0.876. The van der Waals surface area contributed by atoms with Crippen molar-refractivity contribution in [3.63, 3.8) is 0 Å². The van der Waals surface area contributed by atoms with Crippen LogP contribution < -0.4 is 0 Å². The first kappa shape index (κ1) is 9.85. The molecule has 6 heteroatoms. The minimum atomic E-state index is -1.51. The highest BCUT2D eigenvalue weighted by molar-refractivity contribution is 5.66. The van der Waals surface area contributed by atoms with Gasteiger partial charge in [-0.25, -0.2) is 0 Å². The summed E-state index contributed by atoms with van der Waals surface area (Å²) in [4.78, 5) is 10.8. The normalized spacial score (nSPS) is 44.3. The van der Waals surface area contributed by atoms with E-state index in [0.29, 0.717) is 0 Å². The zero-order chi connectivity index (χ0) is 11.6. The van der Waals surface area contributed by atoms with Crippen molar-refractivity contribution in [1.29, 1.82) is 0 Å². The Kier molecular flexibility index (Phi) is 2.97. The Morgan fingerprint density at radius 1 is 1.36 bits per heavy atom. The van der Waals surface area contributed by atoms with Crippen molar-refractivity contribution in [2.24, 2.45) is 0 Å². The highest BCUT2D eigenvalue weighted by Gasteiger charge is 2.43. The third-order valence-electron chi connectivity index (χ3n) is 2.06. The van der Waals surface area contributed by atoms with Crippen LogP contribution in [0, 0.1) is 0 Å². The smallest absolute Gasteiger partial charge is 0.305 e. The van der Waals surface area contributed by atoms with Gasteiger partial charge >= 0.3 is 5.97 Å². The first-order valence-electron chi connectivity index (χ1n) is 4.86. The van der Waals surface area contributed by atoms with Gasteiger partial charge in [0.1, 0.15) is 18.3 Å². The molecule has 0 bridgehead atoms. The van der Waals surface area contributed by atoms with Crippen LogP contribution in [-0.4, -0.2) is 52.0 Å². The van der Waals surface area contributed by atoms with Crippen LogP contribution in [0.15, 0.2) is 0 Å². The van der Waals surface area contributed by atoms with Crippen molar-refractivity contribution in [2.45, 2.75) is 44.5 Å². The highest BCUT2D eigenvalue weighted by Crippen LogP contribution is 2.21. The minimum absolute atomic E-state index is 0.598. The Bertz CT molecular complexity index is 235. The molecule has 0 saturated carbocycles. The molecule has 0 amide bonds. The molecule has 0 aromatic rings. The SMILES string of the molecule is [2H]CC(=O)OC1O[C@@H](C)[C@H](O)[C@@H](O)[C@H]1O. The summed E-state index contributed by atoms with van der Waals surface area (Å²) in [5.74, 6) is -0.866. The number of carbonyl (C=O) groups is 1. The summed E-state index contributed by atoms with van der Waals surface area (Å²) >= 11 is 0. The van der Waals surface area contributed by atoms with Gasteiger partial charge in [-0.3, -0.25) is 4.79 Å². The molecule has 14 heavy (non-hydrogen) atoms. The van der Waals surface area contributed by atoms with Crippen molar-refractivity contribution in [3.05, 3.63) is 0 Å². The fourth-order valence-corrected chi connectivity index (χ4v) is 1.24. The molecule has 6 nitrogen and oxygen atoms in total. The lowest BCUT2D eigenvalue weighted by Gasteiger charge is -2.38. The van der Waals surface area contributed by atoms with E-state index in [2.05, 4.69) is 4.74 Å². The van der Waals surface area contributed by atoms with Crippen molar-refractivity contribution < 1.29 is 31.0 Å². The topological polar surface area (TPSA) is 96.2 Å². The van der Waals surface area contributed by atoms with E-state index in [0.717, 1.165) is 0 Å². The quantitative estimate of drug-likeness (QED) is 0.447. The molecule has 1 unspecified atom stereocenters. The van der Waals surface area contributed by atoms with Gasteiger partial charge in [0.25, 0.3) is 0 Å². The highest BCUT2D eigenvalue weighted by atomic mass is 16.7. The Balaban J connectivity index is 2.62. The third-order valence-corrected chi connectivity index (χ3v) is 2.06. The summed E-state index contributed by atoms with van der Waals surface area (Å²) in [6, 6.07) is 0. The van der Waals surface area contributed by atoms with Crippen LogP contribution in [0.5, 0.6) is 0 Å².